The number of aryl methyl sites for hydroxylation is 1. The van der Waals surface area contributed by atoms with Gasteiger partial charge >= 0.3 is 0 Å². The normalized spacial score (nSPS) is 28.1. The van der Waals surface area contributed by atoms with Gasteiger partial charge in [0.25, 0.3) is 0 Å². The minimum Gasteiger partial charge on any atom is -0.507 e. The molecule has 1 saturated carbocycles. The van der Waals surface area contributed by atoms with Crippen LogP contribution in [-0.2, 0) is 25.6 Å². The highest BCUT2D eigenvalue weighted by Crippen LogP contribution is 2.64. The molecule has 0 radical (unpaired) electrons. The number of hydrogen-bond donors (Lipinski definition) is 1. The second-order valence-electron chi connectivity index (χ2n) is 13.5. The highest BCUT2D eigenvalue weighted by atomic mass is 35.5. The first-order chi connectivity index (χ1) is 23.1. The number of anilines is 2. The van der Waals surface area contributed by atoms with E-state index < -0.39 is 52.6 Å². The first-order valence-corrected chi connectivity index (χ1v) is 16.6. The number of fused-ring (bicyclic) bond motifs is 5. The summed E-state index contributed by atoms with van der Waals surface area (Å²) in [4.78, 5) is 59.9. The highest BCUT2D eigenvalue weighted by Gasteiger charge is 2.67. The molecule has 0 unspecified atom stereocenters. The lowest BCUT2D eigenvalue weighted by molar-refractivity contribution is -0.131. The molecule has 3 fully saturated rings. The first kappa shape index (κ1) is 30.5. The minimum absolute atomic E-state index is 0.0822. The van der Waals surface area contributed by atoms with Crippen molar-refractivity contribution < 1.29 is 28.7 Å². The fourth-order valence-corrected chi connectivity index (χ4v) is 9.10. The summed E-state index contributed by atoms with van der Waals surface area (Å²) >= 11 is 6.12. The Kier molecular flexibility index (Phi) is 6.90. The molecule has 9 heteroatoms. The Balaban J connectivity index is 1.30. The van der Waals surface area contributed by atoms with Crippen molar-refractivity contribution in [3.05, 3.63) is 112 Å². The maximum absolute atomic E-state index is 14.7. The molecule has 48 heavy (non-hydrogen) atoms. The van der Waals surface area contributed by atoms with Crippen LogP contribution in [0.2, 0.25) is 5.02 Å². The van der Waals surface area contributed by atoms with Crippen molar-refractivity contribution in [2.75, 3.05) is 9.80 Å². The zero-order valence-corrected chi connectivity index (χ0v) is 27.1. The Labute approximate surface area is 281 Å². The predicted octanol–water partition coefficient (Wildman–Crippen LogP) is 7.34. The second kappa shape index (κ2) is 10.9. The van der Waals surface area contributed by atoms with E-state index >= 15 is 0 Å². The van der Waals surface area contributed by atoms with E-state index in [1.807, 2.05) is 43.3 Å². The molecular formula is C39H32ClFN2O5. The topological polar surface area (TPSA) is 95.0 Å². The van der Waals surface area contributed by atoms with Gasteiger partial charge in [0, 0.05) is 11.3 Å². The maximum atomic E-state index is 14.7. The highest BCUT2D eigenvalue weighted by molar-refractivity contribution is 6.32. The molecule has 2 aliphatic heterocycles. The molecule has 0 aromatic heterocycles. The van der Waals surface area contributed by atoms with Crippen LogP contribution in [0.5, 0.6) is 5.75 Å². The van der Waals surface area contributed by atoms with Gasteiger partial charge in [-0.25, -0.2) is 9.29 Å². The van der Waals surface area contributed by atoms with Gasteiger partial charge in [0.15, 0.2) is 0 Å². The van der Waals surface area contributed by atoms with Gasteiger partial charge in [-0.2, -0.15) is 0 Å². The SMILES string of the molecule is CCc1ccc(N2C(=O)[C@H]3[C@H](CC=C4[C@H]3C[C@H]3C(=O)N(c5ccc(F)c(Cl)c5)C(=O)[C@@]3(C)[C@H]4c3ccc(O)c4ccccc34)C2=O)cc1. The third-order valence-electron chi connectivity index (χ3n) is 11.3. The molecule has 1 N–H and O–H groups in total. The van der Waals surface area contributed by atoms with Gasteiger partial charge in [0.1, 0.15) is 11.6 Å². The molecule has 0 bridgehead atoms. The number of allylic oxidation sites excluding steroid dienone is 2. The van der Waals surface area contributed by atoms with Crippen molar-refractivity contribution in [1.82, 2.24) is 0 Å². The number of hydrogen-bond acceptors (Lipinski definition) is 5. The molecular weight excluding hydrogens is 631 g/mol. The van der Waals surface area contributed by atoms with E-state index in [-0.39, 0.29) is 34.7 Å². The van der Waals surface area contributed by atoms with E-state index in [4.69, 9.17) is 11.6 Å². The third-order valence-corrected chi connectivity index (χ3v) is 11.6. The van der Waals surface area contributed by atoms with Crippen LogP contribution in [-0.4, -0.2) is 28.7 Å². The van der Waals surface area contributed by atoms with E-state index in [1.165, 1.54) is 17.0 Å². The number of phenols is 1. The van der Waals surface area contributed by atoms with Crippen molar-refractivity contribution in [2.45, 2.75) is 39.0 Å². The summed E-state index contributed by atoms with van der Waals surface area (Å²) in [6, 6.07) is 21.9. The molecule has 0 spiro atoms. The van der Waals surface area contributed by atoms with Crippen LogP contribution < -0.4 is 9.80 Å². The van der Waals surface area contributed by atoms with E-state index in [2.05, 4.69) is 0 Å². The van der Waals surface area contributed by atoms with Crippen LogP contribution in [0.1, 0.15) is 43.7 Å². The monoisotopic (exact) mass is 662 g/mol. The van der Waals surface area contributed by atoms with Crippen molar-refractivity contribution in [3.8, 4) is 5.75 Å². The number of rotatable bonds is 4. The molecule has 4 aromatic carbocycles. The Bertz CT molecular complexity index is 2110. The van der Waals surface area contributed by atoms with Gasteiger partial charge in [0.2, 0.25) is 23.6 Å². The number of imide groups is 2. The van der Waals surface area contributed by atoms with Crippen molar-refractivity contribution in [3.63, 3.8) is 0 Å². The number of halogens is 2. The van der Waals surface area contributed by atoms with E-state index in [0.717, 1.165) is 39.5 Å². The van der Waals surface area contributed by atoms with Crippen LogP contribution in [0.15, 0.2) is 90.5 Å². The standard InChI is InChI=1S/C39H32ClFN2O5/c1-3-20-8-10-21(11-9-20)42-35(45)27-14-13-26-28(33(27)37(42)47)19-29-36(46)43(22-12-16-31(41)30(40)18-22)38(48)39(29,2)34(26)25-15-17-32(44)24-7-5-4-6-23(24)25/h4-13,15-18,27-29,33-34,44H,3,14,19H2,1-2H3/t27-,28+,29-,33-,34-,39+/m0/s1. The smallest absolute Gasteiger partial charge is 0.241 e. The Morgan fingerprint density at radius 1 is 0.854 bits per heavy atom. The van der Waals surface area contributed by atoms with Gasteiger partial charge < -0.3 is 5.11 Å². The number of amides is 4. The molecule has 4 amide bonds. The molecule has 6 atom stereocenters. The predicted molar refractivity (Wildman–Crippen MR) is 180 cm³/mol. The van der Waals surface area contributed by atoms with Gasteiger partial charge in [0.05, 0.1) is 39.6 Å². The lowest BCUT2D eigenvalue weighted by atomic mass is 9.51. The lowest BCUT2D eigenvalue weighted by Crippen LogP contribution is -2.49. The van der Waals surface area contributed by atoms with E-state index in [1.54, 1.807) is 37.3 Å². The van der Waals surface area contributed by atoms with Gasteiger partial charge in [-0.05, 0) is 85.0 Å². The second-order valence-corrected chi connectivity index (χ2v) is 13.9. The molecule has 4 aromatic rings. The van der Waals surface area contributed by atoms with Crippen molar-refractivity contribution in [1.29, 1.82) is 0 Å². The average Bonchev–Trinajstić information content (AvgIpc) is 3.46. The number of carbonyl (C=O) groups excluding carboxylic acids is 4. The summed E-state index contributed by atoms with van der Waals surface area (Å²) in [5.74, 6) is -5.38. The van der Waals surface area contributed by atoms with Crippen LogP contribution in [0.25, 0.3) is 10.8 Å². The summed E-state index contributed by atoms with van der Waals surface area (Å²) in [6.45, 7) is 3.83. The van der Waals surface area contributed by atoms with Crippen molar-refractivity contribution in [2.24, 2.45) is 29.1 Å². The lowest BCUT2D eigenvalue weighted by Gasteiger charge is -2.49. The number of carbonyl (C=O) groups is 4. The van der Waals surface area contributed by atoms with Crippen LogP contribution in [0.3, 0.4) is 0 Å². The fourth-order valence-electron chi connectivity index (χ4n) is 8.92. The van der Waals surface area contributed by atoms with Gasteiger partial charge in [-0.1, -0.05) is 72.6 Å². The molecule has 2 heterocycles. The summed E-state index contributed by atoms with van der Waals surface area (Å²) < 4.78 is 14.2. The largest absolute Gasteiger partial charge is 0.507 e. The number of phenolic OH excluding ortho intramolecular Hbond substituents is 1. The Morgan fingerprint density at radius 2 is 1.56 bits per heavy atom. The number of nitrogens with zero attached hydrogens (tertiary/aromatic N) is 2. The molecule has 4 aliphatic rings. The fraction of sp³-hybridized carbons (Fsp3) is 0.282. The van der Waals surface area contributed by atoms with Crippen LogP contribution >= 0.6 is 11.6 Å². The zero-order valence-electron chi connectivity index (χ0n) is 26.3. The first-order valence-electron chi connectivity index (χ1n) is 16.3. The Morgan fingerprint density at radius 3 is 2.27 bits per heavy atom. The zero-order chi connectivity index (χ0) is 33.6. The van der Waals surface area contributed by atoms with Gasteiger partial charge in [-0.3, -0.25) is 24.1 Å². The van der Waals surface area contributed by atoms with Crippen molar-refractivity contribution >= 4 is 57.4 Å². The molecule has 242 valence electrons. The van der Waals surface area contributed by atoms with E-state index in [9.17, 15) is 28.7 Å². The summed E-state index contributed by atoms with van der Waals surface area (Å²) in [5.41, 5.74) is 2.07. The summed E-state index contributed by atoms with van der Waals surface area (Å²) in [7, 11) is 0. The molecule has 7 nitrogen and oxygen atoms in total. The van der Waals surface area contributed by atoms with E-state index in [0.29, 0.717) is 17.5 Å². The minimum atomic E-state index is -1.30. The maximum Gasteiger partial charge on any atom is 0.241 e. The number of aromatic hydroxyl groups is 1. The third kappa shape index (κ3) is 4.11. The summed E-state index contributed by atoms with van der Waals surface area (Å²) in [6.07, 6.45) is 3.33. The number of benzene rings is 4. The molecule has 2 saturated heterocycles. The van der Waals surface area contributed by atoms with Gasteiger partial charge in [-0.15, -0.1) is 0 Å². The quantitative estimate of drug-likeness (QED) is 0.182. The molecule has 2 aliphatic carbocycles. The Hall–Kier alpha value is -4.82. The van der Waals surface area contributed by atoms with Crippen LogP contribution in [0, 0.1) is 34.9 Å². The summed E-state index contributed by atoms with van der Waals surface area (Å²) in [5, 5.41) is 11.9. The van der Waals surface area contributed by atoms with Crippen LogP contribution in [0.4, 0.5) is 15.8 Å². The average molecular weight is 663 g/mol. The molecule has 8 rings (SSSR count).